The van der Waals surface area contributed by atoms with Crippen molar-refractivity contribution < 1.29 is 5.11 Å². The van der Waals surface area contributed by atoms with Gasteiger partial charge in [-0.2, -0.15) is 0 Å². The molecule has 0 saturated carbocycles. The van der Waals surface area contributed by atoms with Crippen LogP contribution in [-0.2, 0) is 5.41 Å². The first-order valence-electron chi connectivity index (χ1n) is 7.35. The minimum atomic E-state index is -0.407. The highest BCUT2D eigenvalue weighted by atomic mass is 16.3. The number of phenols is 1. The third-order valence-electron chi connectivity index (χ3n) is 4.28. The van der Waals surface area contributed by atoms with Crippen molar-refractivity contribution in [3.8, 4) is 5.75 Å². The van der Waals surface area contributed by atoms with E-state index in [1.54, 1.807) is 6.07 Å². The second-order valence-electron chi connectivity index (χ2n) is 5.36. The van der Waals surface area contributed by atoms with Crippen LogP contribution in [0.25, 0.3) is 0 Å². The smallest absolute Gasteiger partial charge is 0.120 e. The molecule has 0 saturated heterocycles. The highest BCUT2D eigenvalue weighted by Crippen LogP contribution is 2.46. The Bertz CT molecular complexity index is 675. The molecule has 0 bridgehead atoms. The van der Waals surface area contributed by atoms with Gasteiger partial charge in [0, 0.05) is 11.8 Å². The summed E-state index contributed by atoms with van der Waals surface area (Å²) in [5.41, 5.74) is 1.48. The van der Waals surface area contributed by atoms with Crippen LogP contribution in [0.1, 0.15) is 24.6 Å². The molecule has 0 spiro atoms. The fourth-order valence-electron chi connectivity index (χ4n) is 3.27. The number of phenolic OH excluding ortho intramolecular Hbond substituents is 1. The summed E-state index contributed by atoms with van der Waals surface area (Å²) < 4.78 is 0. The van der Waals surface area contributed by atoms with E-state index in [0.717, 1.165) is 17.7 Å². The van der Waals surface area contributed by atoms with E-state index in [0.29, 0.717) is 5.75 Å². The molecule has 1 heterocycles. The van der Waals surface area contributed by atoms with Gasteiger partial charge in [-0.1, -0.05) is 55.5 Å². The van der Waals surface area contributed by atoms with Gasteiger partial charge in [0.15, 0.2) is 0 Å². The summed E-state index contributed by atoms with van der Waals surface area (Å²) in [4.78, 5) is 4.59. The molecule has 0 radical (unpaired) electrons. The number of benzene rings is 1. The molecular formula is C19H19NO. The molecule has 2 nitrogen and oxygen atoms in total. The molecule has 1 N–H and O–H groups in total. The van der Waals surface area contributed by atoms with Gasteiger partial charge in [-0.15, -0.1) is 0 Å². The SMILES string of the molecule is CCC1C=CC=CC1(c1ccccn1)c1ccccc1O. The number of para-hydroxylation sites is 1. The normalized spacial score (nSPS) is 24.1. The minimum Gasteiger partial charge on any atom is -0.508 e. The first kappa shape index (κ1) is 13.6. The predicted octanol–water partition coefficient (Wildman–Crippen LogP) is 4.23. The standard InChI is InChI=1S/C19H19NO/c1-2-15-9-5-7-13-19(15,18-12-6-8-14-20-18)16-10-3-4-11-17(16)21/h3-15,21H,2H2,1H3. The summed E-state index contributed by atoms with van der Waals surface area (Å²) in [5, 5.41) is 10.4. The van der Waals surface area contributed by atoms with Crippen molar-refractivity contribution in [2.75, 3.05) is 0 Å². The molecule has 1 aliphatic carbocycles. The van der Waals surface area contributed by atoms with Crippen molar-refractivity contribution in [3.05, 3.63) is 84.2 Å². The summed E-state index contributed by atoms with van der Waals surface area (Å²) in [6.07, 6.45) is 11.3. The van der Waals surface area contributed by atoms with E-state index < -0.39 is 5.41 Å². The lowest BCUT2D eigenvalue weighted by Crippen LogP contribution is -2.35. The van der Waals surface area contributed by atoms with Gasteiger partial charge in [-0.05, 0) is 30.5 Å². The zero-order valence-electron chi connectivity index (χ0n) is 12.1. The van der Waals surface area contributed by atoms with Crippen LogP contribution in [0.4, 0.5) is 0 Å². The molecule has 2 heteroatoms. The van der Waals surface area contributed by atoms with Crippen LogP contribution in [0.3, 0.4) is 0 Å². The first-order valence-corrected chi connectivity index (χ1v) is 7.35. The van der Waals surface area contributed by atoms with E-state index >= 15 is 0 Å². The maximum atomic E-state index is 10.4. The molecule has 0 fully saturated rings. The Kier molecular flexibility index (Phi) is 3.61. The number of rotatable bonds is 3. The molecule has 0 amide bonds. The molecule has 1 aliphatic rings. The summed E-state index contributed by atoms with van der Waals surface area (Å²) in [6.45, 7) is 2.17. The van der Waals surface area contributed by atoms with Gasteiger partial charge in [-0.25, -0.2) is 0 Å². The average molecular weight is 277 g/mol. The van der Waals surface area contributed by atoms with Crippen molar-refractivity contribution in [2.45, 2.75) is 18.8 Å². The summed E-state index contributed by atoms with van der Waals surface area (Å²) in [7, 11) is 0. The molecule has 21 heavy (non-hydrogen) atoms. The molecule has 0 aliphatic heterocycles. The Hall–Kier alpha value is -2.35. The largest absolute Gasteiger partial charge is 0.508 e. The molecule has 3 rings (SSSR count). The second-order valence-corrected chi connectivity index (χ2v) is 5.36. The average Bonchev–Trinajstić information content (AvgIpc) is 2.56. The van der Waals surface area contributed by atoms with Crippen molar-refractivity contribution in [3.63, 3.8) is 0 Å². The van der Waals surface area contributed by atoms with Crippen LogP contribution in [0.5, 0.6) is 5.75 Å². The highest BCUT2D eigenvalue weighted by Gasteiger charge is 2.41. The Morgan fingerprint density at radius 1 is 1.10 bits per heavy atom. The Balaban J connectivity index is 2.28. The number of nitrogens with zero attached hydrogens (tertiary/aromatic N) is 1. The lowest BCUT2D eigenvalue weighted by Gasteiger charge is -2.38. The summed E-state index contributed by atoms with van der Waals surface area (Å²) in [5.74, 6) is 0.590. The number of aromatic hydroxyl groups is 1. The maximum absolute atomic E-state index is 10.4. The Morgan fingerprint density at radius 3 is 2.62 bits per heavy atom. The molecular weight excluding hydrogens is 258 g/mol. The topological polar surface area (TPSA) is 33.1 Å². The van der Waals surface area contributed by atoms with Crippen LogP contribution in [-0.4, -0.2) is 10.1 Å². The third-order valence-corrected chi connectivity index (χ3v) is 4.28. The van der Waals surface area contributed by atoms with Gasteiger partial charge in [0.25, 0.3) is 0 Å². The molecule has 2 atom stereocenters. The second kappa shape index (κ2) is 5.57. The summed E-state index contributed by atoms with van der Waals surface area (Å²) >= 11 is 0. The minimum absolute atomic E-state index is 0.269. The van der Waals surface area contributed by atoms with Gasteiger partial charge in [-0.3, -0.25) is 4.98 Å². The Labute approximate surface area is 125 Å². The van der Waals surface area contributed by atoms with Gasteiger partial charge in [0.2, 0.25) is 0 Å². The zero-order chi connectivity index (χ0) is 14.7. The lowest BCUT2D eigenvalue weighted by atomic mass is 9.64. The number of pyridine rings is 1. The number of hydrogen-bond donors (Lipinski definition) is 1. The van der Waals surface area contributed by atoms with Crippen molar-refractivity contribution in [2.24, 2.45) is 5.92 Å². The van der Waals surface area contributed by atoms with Gasteiger partial charge >= 0.3 is 0 Å². The fourth-order valence-corrected chi connectivity index (χ4v) is 3.27. The molecule has 2 aromatic rings. The first-order chi connectivity index (χ1) is 10.3. The molecule has 2 unspecified atom stereocenters. The lowest BCUT2D eigenvalue weighted by molar-refractivity contribution is 0.401. The predicted molar refractivity (Wildman–Crippen MR) is 85.2 cm³/mol. The van der Waals surface area contributed by atoms with E-state index in [4.69, 9.17) is 0 Å². The van der Waals surface area contributed by atoms with Crippen molar-refractivity contribution >= 4 is 0 Å². The number of allylic oxidation sites excluding steroid dienone is 4. The van der Waals surface area contributed by atoms with Crippen molar-refractivity contribution in [1.82, 2.24) is 4.98 Å². The van der Waals surface area contributed by atoms with Crippen molar-refractivity contribution in [1.29, 1.82) is 0 Å². The van der Waals surface area contributed by atoms with Gasteiger partial charge in [0.1, 0.15) is 5.75 Å². The van der Waals surface area contributed by atoms with Gasteiger partial charge < -0.3 is 5.11 Å². The number of aromatic nitrogens is 1. The van der Waals surface area contributed by atoms with Crippen LogP contribution < -0.4 is 0 Å². The van der Waals surface area contributed by atoms with Gasteiger partial charge in [0.05, 0.1) is 11.1 Å². The summed E-state index contributed by atoms with van der Waals surface area (Å²) in [6, 6.07) is 13.5. The molecule has 1 aromatic heterocycles. The zero-order valence-corrected chi connectivity index (χ0v) is 12.1. The van der Waals surface area contributed by atoms with E-state index in [-0.39, 0.29) is 5.92 Å². The van der Waals surface area contributed by atoms with E-state index in [1.807, 2.05) is 48.7 Å². The van der Waals surface area contributed by atoms with Crippen LogP contribution >= 0.6 is 0 Å². The van der Waals surface area contributed by atoms with Crippen LogP contribution in [0, 0.1) is 5.92 Å². The maximum Gasteiger partial charge on any atom is 0.120 e. The van der Waals surface area contributed by atoms with Crippen LogP contribution in [0.15, 0.2) is 73.0 Å². The monoisotopic (exact) mass is 277 g/mol. The quantitative estimate of drug-likeness (QED) is 0.911. The molecule has 1 aromatic carbocycles. The Morgan fingerprint density at radius 2 is 1.90 bits per heavy atom. The fraction of sp³-hybridized carbons (Fsp3) is 0.211. The van der Waals surface area contributed by atoms with Crippen LogP contribution in [0.2, 0.25) is 0 Å². The third kappa shape index (κ3) is 2.17. The van der Waals surface area contributed by atoms with E-state index in [9.17, 15) is 5.11 Å². The highest BCUT2D eigenvalue weighted by molar-refractivity contribution is 5.52. The van der Waals surface area contributed by atoms with E-state index in [2.05, 4.69) is 30.1 Å². The van der Waals surface area contributed by atoms with E-state index in [1.165, 1.54) is 0 Å². The molecule has 106 valence electrons. The number of hydrogen-bond acceptors (Lipinski definition) is 2.